The molecular formula is C14H17NO6S. The van der Waals surface area contributed by atoms with E-state index >= 15 is 0 Å². The van der Waals surface area contributed by atoms with Crippen molar-refractivity contribution in [3.05, 3.63) is 23.8 Å². The molecule has 0 radical (unpaired) electrons. The van der Waals surface area contributed by atoms with Crippen molar-refractivity contribution in [2.45, 2.75) is 23.6 Å². The molecule has 0 bridgehead atoms. The number of hydrogen-bond donors (Lipinski definition) is 1. The van der Waals surface area contributed by atoms with Gasteiger partial charge >= 0.3 is 5.97 Å². The highest BCUT2D eigenvalue weighted by Crippen LogP contribution is 2.55. The van der Waals surface area contributed by atoms with Crippen LogP contribution in [-0.4, -0.2) is 44.8 Å². The summed E-state index contributed by atoms with van der Waals surface area (Å²) >= 11 is 0. The molecule has 0 saturated heterocycles. The van der Waals surface area contributed by atoms with Gasteiger partial charge in [0.2, 0.25) is 6.79 Å². The predicted octanol–water partition coefficient (Wildman–Crippen LogP) is 0.186. The molecular weight excluding hydrogens is 310 g/mol. The van der Waals surface area contributed by atoms with Crippen LogP contribution in [0.15, 0.2) is 18.2 Å². The number of nitrogens with two attached hydrogens (primary N) is 1. The third kappa shape index (κ3) is 2.14. The summed E-state index contributed by atoms with van der Waals surface area (Å²) in [6, 6.07) is 5.05. The Morgan fingerprint density at radius 1 is 1.41 bits per heavy atom. The van der Waals surface area contributed by atoms with Gasteiger partial charge in [0.15, 0.2) is 21.3 Å². The van der Waals surface area contributed by atoms with Crippen molar-refractivity contribution in [1.29, 1.82) is 0 Å². The summed E-state index contributed by atoms with van der Waals surface area (Å²) in [7, 11) is -3.51. The number of rotatable bonds is 4. The monoisotopic (exact) mass is 327 g/mol. The average molecular weight is 327 g/mol. The first kappa shape index (κ1) is 15.1. The first-order chi connectivity index (χ1) is 10.3. The zero-order valence-electron chi connectivity index (χ0n) is 12.2. The Balaban J connectivity index is 1.99. The molecule has 1 aromatic carbocycles. The molecule has 1 heterocycles. The second-order valence-electron chi connectivity index (χ2n) is 5.49. The highest BCUT2D eigenvalue weighted by atomic mass is 32.2. The van der Waals surface area contributed by atoms with Crippen LogP contribution in [-0.2, 0) is 19.4 Å². The van der Waals surface area contributed by atoms with Crippen molar-refractivity contribution in [1.82, 2.24) is 0 Å². The number of benzene rings is 1. The number of fused-ring (bicyclic) bond motifs is 1. The van der Waals surface area contributed by atoms with Crippen molar-refractivity contribution >= 4 is 15.8 Å². The maximum Gasteiger partial charge on any atom is 0.328 e. The van der Waals surface area contributed by atoms with E-state index in [1.54, 1.807) is 25.1 Å². The van der Waals surface area contributed by atoms with Gasteiger partial charge in [-0.1, -0.05) is 6.07 Å². The maximum absolute atomic E-state index is 12.1. The Morgan fingerprint density at radius 2 is 2.09 bits per heavy atom. The number of ether oxygens (including phenoxy) is 3. The molecule has 1 saturated carbocycles. The van der Waals surface area contributed by atoms with E-state index in [9.17, 15) is 13.2 Å². The fourth-order valence-corrected chi connectivity index (χ4v) is 4.78. The van der Waals surface area contributed by atoms with Crippen LogP contribution < -0.4 is 15.2 Å². The Bertz CT molecular complexity index is 731. The van der Waals surface area contributed by atoms with Gasteiger partial charge in [0, 0.05) is 12.2 Å². The summed E-state index contributed by atoms with van der Waals surface area (Å²) in [5.74, 6) is -0.258. The van der Waals surface area contributed by atoms with Crippen molar-refractivity contribution < 1.29 is 27.4 Å². The number of carbonyl (C=O) groups excluding carboxylic acids is 1. The van der Waals surface area contributed by atoms with E-state index < -0.39 is 32.5 Å². The van der Waals surface area contributed by atoms with Crippen LogP contribution in [0.1, 0.15) is 18.4 Å². The second-order valence-corrected chi connectivity index (χ2v) is 7.66. The molecule has 0 amide bonds. The second kappa shape index (κ2) is 4.85. The molecule has 0 spiro atoms. The molecule has 1 aliphatic carbocycles. The lowest BCUT2D eigenvalue weighted by atomic mass is 10.1. The molecule has 3 atom stereocenters. The van der Waals surface area contributed by atoms with Crippen LogP contribution in [0.4, 0.5) is 0 Å². The Kier molecular flexibility index (Phi) is 3.33. The van der Waals surface area contributed by atoms with E-state index in [1.807, 2.05) is 0 Å². The predicted molar refractivity (Wildman–Crippen MR) is 77.5 cm³/mol. The summed E-state index contributed by atoms with van der Waals surface area (Å²) < 4.78 is 39.4. The van der Waals surface area contributed by atoms with Gasteiger partial charge in [-0.25, -0.2) is 13.2 Å². The third-order valence-corrected chi connectivity index (χ3v) is 5.61. The van der Waals surface area contributed by atoms with Gasteiger partial charge < -0.3 is 19.9 Å². The fraction of sp³-hybridized carbons (Fsp3) is 0.500. The number of carbonyl (C=O) groups is 1. The summed E-state index contributed by atoms with van der Waals surface area (Å²) in [5, 5.41) is -1.00. The summed E-state index contributed by atoms with van der Waals surface area (Å²) in [4.78, 5) is 12.1. The summed E-state index contributed by atoms with van der Waals surface area (Å²) in [6.45, 7) is 1.90. The Hall–Kier alpha value is -1.80. The molecule has 22 heavy (non-hydrogen) atoms. The first-order valence-electron chi connectivity index (χ1n) is 6.84. The van der Waals surface area contributed by atoms with Gasteiger partial charge in [0.25, 0.3) is 0 Å². The topological polar surface area (TPSA) is 105 Å². The van der Waals surface area contributed by atoms with Crippen LogP contribution in [0.25, 0.3) is 0 Å². The minimum absolute atomic E-state index is 0.116. The Morgan fingerprint density at radius 3 is 2.73 bits per heavy atom. The average Bonchev–Trinajstić information content (AvgIpc) is 2.87. The fourth-order valence-electron chi connectivity index (χ4n) is 3.03. The van der Waals surface area contributed by atoms with Gasteiger partial charge in [0.05, 0.1) is 11.9 Å². The van der Waals surface area contributed by atoms with E-state index in [0.29, 0.717) is 17.1 Å². The molecule has 1 aromatic rings. The molecule has 0 aromatic heterocycles. The molecule has 8 heteroatoms. The van der Waals surface area contributed by atoms with Gasteiger partial charge in [-0.05, 0) is 24.6 Å². The zero-order valence-corrected chi connectivity index (χ0v) is 13.1. The van der Waals surface area contributed by atoms with E-state index in [1.165, 1.54) is 0 Å². The van der Waals surface area contributed by atoms with Crippen LogP contribution >= 0.6 is 0 Å². The number of esters is 1. The SMILES string of the molecule is CCOC(=O)[C@@]1(N)[C@H](S(C)(=O)=O)[C@@H]1c1ccc2c(c1)OCO2. The van der Waals surface area contributed by atoms with E-state index in [-0.39, 0.29) is 13.4 Å². The summed E-state index contributed by atoms with van der Waals surface area (Å²) in [5.41, 5.74) is 5.16. The van der Waals surface area contributed by atoms with E-state index in [0.717, 1.165) is 6.26 Å². The van der Waals surface area contributed by atoms with Crippen molar-refractivity contribution in [3.8, 4) is 11.5 Å². The van der Waals surface area contributed by atoms with E-state index in [2.05, 4.69) is 0 Å². The third-order valence-electron chi connectivity index (χ3n) is 4.03. The lowest BCUT2D eigenvalue weighted by Gasteiger charge is -2.10. The molecule has 120 valence electrons. The van der Waals surface area contributed by atoms with Gasteiger partial charge in [-0.15, -0.1) is 0 Å². The van der Waals surface area contributed by atoms with Crippen molar-refractivity contribution in [2.75, 3.05) is 19.7 Å². The van der Waals surface area contributed by atoms with Gasteiger partial charge in [-0.3, -0.25) is 0 Å². The minimum Gasteiger partial charge on any atom is -0.465 e. The number of sulfone groups is 1. The Labute approximate surface area is 128 Å². The normalized spacial score (nSPS) is 29.2. The molecule has 3 rings (SSSR count). The molecule has 2 N–H and O–H groups in total. The largest absolute Gasteiger partial charge is 0.465 e. The smallest absolute Gasteiger partial charge is 0.328 e. The van der Waals surface area contributed by atoms with Crippen LogP contribution in [0.5, 0.6) is 11.5 Å². The molecule has 2 aliphatic rings. The quantitative estimate of drug-likeness (QED) is 0.787. The van der Waals surface area contributed by atoms with Crippen molar-refractivity contribution in [3.63, 3.8) is 0 Å². The van der Waals surface area contributed by atoms with Crippen LogP contribution in [0.2, 0.25) is 0 Å². The minimum atomic E-state index is -3.51. The zero-order chi connectivity index (χ0) is 16.1. The molecule has 7 nitrogen and oxygen atoms in total. The van der Waals surface area contributed by atoms with Gasteiger partial charge in [-0.2, -0.15) is 0 Å². The standard InChI is InChI=1S/C14H17NO6S/c1-3-19-13(16)14(15)11(12(14)22(2,17)18)8-4-5-9-10(6-8)21-7-20-9/h4-6,11-12H,3,7,15H2,1-2H3/t11-,12+,14-/m0/s1. The maximum atomic E-state index is 12.1. The molecule has 0 unspecified atom stereocenters. The highest BCUT2D eigenvalue weighted by molar-refractivity contribution is 7.91. The molecule has 1 aliphatic heterocycles. The first-order valence-corrected chi connectivity index (χ1v) is 8.80. The van der Waals surface area contributed by atoms with E-state index in [4.69, 9.17) is 19.9 Å². The van der Waals surface area contributed by atoms with Crippen LogP contribution in [0.3, 0.4) is 0 Å². The van der Waals surface area contributed by atoms with Gasteiger partial charge in [0.1, 0.15) is 5.54 Å². The molecule has 1 fully saturated rings. The lowest BCUT2D eigenvalue weighted by molar-refractivity contribution is -0.145. The van der Waals surface area contributed by atoms with Crippen LogP contribution in [0, 0.1) is 0 Å². The number of hydrogen-bond acceptors (Lipinski definition) is 7. The summed E-state index contributed by atoms with van der Waals surface area (Å²) in [6.07, 6.45) is 1.07. The lowest BCUT2D eigenvalue weighted by Crippen LogP contribution is -2.41. The van der Waals surface area contributed by atoms with Crippen molar-refractivity contribution in [2.24, 2.45) is 5.73 Å². The highest BCUT2D eigenvalue weighted by Gasteiger charge is 2.73.